The highest BCUT2D eigenvalue weighted by atomic mass is 19.1. The first-order chi connectivity index (χ1) is 9.70. The van der Waals surface area contributed by atoms with E-state index in [0.717, 1.165) is 51.3 Å². The van der Waals surface area contributed by atoms with Crippen LogP contribution < -0.4 is 10.6 Å². The number of halogens is 1. The molecule has 1 heterocycles. The third-order valence-corrected chi connectivity index (χ3v) is 3.58. The minimum Gasteiger partial charge on any atom is -0.391 e. The number of anilines is 2. The third kappa shape index (κ3) is 4.03. The van der Waals surface area contributed by atoms with Crippen LogP contribution in [0.15, 0.2) is 6.20 Å². The van der Waals surface area contributed by atoms with E-state index >= 15 is 0 Å². The Hall–Kier alpha value is -1.43. The van der Waals surface area contributed by atoms with Crippen LogP contribution in [0.3, 0.4) is 0 Å². The Bertz CT molecular complexity index is 430. The first-order valence-electron chi connectivity index (χ1n) is 7.41. The molecule has 1 aromatic heterocycles. The quantitative estimate of drug-likeness (QED) is 0.724. The van der Waals surface area contributed by atoms with Crippen LogP contribution in [0.5, 0.6) is 0 Å². The third-order valence-electron chi connectivity index (χ3n) is 3.58. The molecule has 112 valence electrons. The number of nitrogens with zero attached hydrogens (tertiary/aromatic N) is 2. The standard InChI is InChI=1S/C14H23FN4O/c1-2-8-16-14-17-9-10(15)13(19-14)18-11-6-4-3-5-7-12(11)20/h9,11-12,20H,2-8H2,1H3,(H2,16,17,18,19). The van der Waals surface area contributed by atoms with E-state index in [9.17, 15) is 9.50 Å². The average molecular weight is 282 g/mol. The lowest BCUT2D eigenvalue weighted by atomic mass is 10.1. The second-order valence-electron chi connectivity index (χ2n) is 5.27. The summed E-state index contributed by atoms with van der Waals surface area (Å²) in [5, 5.41) is 16.1. The summed E-state index contributed by atoms with van der Waals surface area (Å²) in [4.78, 5) is 8.06. The van der Waals surface area contributed by atoms with Crippen LogP contribution in [0.2, 0.25) is 0 Å². The maximum atomic E-state index is 13.8. The van der Waals surface area contributed by atoms with Crippen molar-refractivity contribution in [1.29, 1.82) is 0 Å². The first kappa shape index (κ1) is 15.0. The molecule has 6 heteroatoms. The van der Waals surface area contributed by atoms with E-state index in [1.165, 1.54) is 0 Å². The molecule has 1 saturated carbocycles. The van der Waals surface area contributed by atoms with Crippen LogP contribution in [-0.4, -0.2) is 33.8 Å². The molecule has 5 nitrogen and oxygen atoms in total. The molecule has 1 aliphatic carbocycles. The van der Waals surface area contributed by atoms with E-state index in [0.29, 0.717) is 5.95 Å². The molecule has 2 atom stereocenters. The topological polar surface area (TPSA) is 70.1 Å². The normalized spacial score (nSPS) is 23.1. The molecular weight excluding hydrogens is 259 g/mol. The number of hydrogen-bond donors (Lipinski definition) is 3. The molecule has 0 radical (unpaired) electrons. The highest BCUT2D eigenvalue weighted by Crippen LogP contribution is 2.22. The largest absolute Gasteiger partial charge is 0.391 e. The van der Waals surface area contributed by atoms with Crippen molar-refractivity contribution in [2.75, 3.05) is 17.2 Å². The zero-order chi connectivity index (χ0) is 14.4. The Morgan fingerprint density at radius 3 is 2.95 bits per heavy atom. The van der Waals surface area contributed by atoms with E-state index in [1.807, 2.05) is 6.92 Å². The van der Waals surface area contributed by atoms with Gasteiger partial charge in [0.1, 0.15) is 0 Å². The van der Waals surface area contributed by atoms with Gasteiger partial charge in [0.15, 0.2) is 11.6 Å². The lowest BCUT2D eigenvalue weighted by Crippen LogP contribution is -2.33. The van der Waals surface area contributed by atoms with Crippen LogP contribution in [0.25, 0.3) is 0 Å². The predicted octanol–water partition coefficient (Wildman–Crippen LogP) is 2.54. The van der Waals surface area contributed by atoms with E-state index in [-0.39, 0.29) is 11.9 Å². The molecular formula is C14H23FN4O. The SMILES string of the molecule is CCCNc1ncc(F)c(NC2CCCCCC2O)n1. The number of rotatable bonds is 5. The van der Waals surface area contributed by atoms with Crippen molar-refractivity contribution < 1.29 is 9.50 Å². The smallest absolute Gasteiger partial charge is 0.224 e. The second kappa shape index (κ2) is 7.38. The van der Waals surface area contributed by atoms with Gasteiger partial charge in [0.2, 0.25) is 5.95 Å². The predicted molar refractivity (Wildman–Crippen MR) is 77.3 cm³/mol. The van der Waals surface area contributed by atoms with Crippen molar-refractivity contribution in [3.8, 4) is 0 Å². The summed E-state index contributed by atoms with van der Waals surface area (Å²) in [6.07, 6.45) is 6.44. The molecule has 20 heavy (non-hydrogen) atoms. The van der Waals surface area contributed by atoms with Crippen molar-refractivity contribution in [3.63, 3.8) is 0 Å². The van der Waals surface area contributed by atoms with E-state index in [1.54, 1.807) is 0 Å². The highest BCUT2D eigenvalue weighted by molar-refractivity contribution is 5.42. The molecule has 2 unspecified atom stereocenters. The zero-order valence-corrected chi connectivity index (χ0v) is 11.9. The minimum atomic E-state index is -0.483. The second-order valence-corrected chi connectivity index (χ2v) is 5.27. The van der Waals surface area contributed by atoms with Crippen LogP contribution in [-0.2, 0) is 0 Å². The van der Waals surface area contributed by atoms with Crippen LogP contribution in [0, 0.1) is 5.82 Å². The number of nitrogens with one attached hydrogen (secondary N) is 2. The molecule has 0 amide bonds. The zero-order valence-electron chi connectivity index (χ0n) is 11.9. The Kier molecular flexibility index (Phi) is 5.52. The number of hydrogen-bond acceptors (Lipinski definition) is 5. The monoisotopic (exact) mass is 282 g/mol. The molecule has 0 saturated heterocycles. The van der Waals surface area contributed by atoms with Gasteiger partial charge in [0.25, 0.3) is 0 Å². The van der Waals surface area contributed by atoms with Crippen LogP contribution in [0.1, 0.15) is 45.4 Å². The molecule has 1 fully saturated rings. The van der Waals surface area contributed by atoms with E-state index in [4.69, 9.17) is 0 Å². The van der Waals surface area contributed by atoms with Gasteiger partial charge >= 0.3 is 0 Å². The van der Waals surface area contributed by atoms with Gasteiger partial charge in [-0.1, -0.05) is 26.2 Å². The summed E-state index contributed by atoms with van der Waals surface area (Å²) >= 11 is 0. The molecule has 3 N–H and O–H groups in total. The number of aliphatic hydroxyl groups is 1. The van der Waals surface area contributed by atoms with Crippen molar-refractivity contribution in [2.24, 2.45) is 0 Å². The average Bonchev–Trinajstić information content (AvgIpc) is 2.65. The first-order valence-corrected chi connectivity index (χ1v) is 7.41. The molecule has 0 aliphatic heterocycles. The molecule has 1 aliphatic rings. The molecule has 0 bridgehead atoms. The van der Waals surface area contributed by atoms with Crippen LogP contribution >= 0.6 is 0 Å². The summed E-state index contributed by atoms with van der Waals surface area (Å²) in [6.45, 7) is 2.79. The molecule has 0 spiro atoms. The van der Waals surface area contributed by atoms with Crippen molar-refractivity contribution in [3.05, 3.63) is 12.0 Å². The Labute approximate surface area is 119 Å². The maximum Gasteiger partial charge on any atom is 0.224 e. The van der Waals surface area contributed by atoms with Crippen LogP contribution in [0.4, 0.5) is 16.2 Å². The summed E-state index contributed by atoms with van der Waals surface area (Å²) in [7, 11) is 0. The maximum absolute atomic E-state index is 13.8. The lowest BCUT2D eigenvalue weighted by molar-refractivity contribution is 0.144. The van der Waals surface area contributed by atoms with Gasteiger partial charge in [0.05, 0.1) is 18.3 Å². The molecule has 1 aromatic rings. The van der Waals surface area contributed by atoms with E-state index < -0.39 is 11.9 Å². The molecule has 2 rings (SSSR count). The van der Waals surface area contributed by atoms with Gasteiger partial charge in [-0.25, -0.2) is 9.37 Å². The summed E-state index contributed by atoms with van der Waals surface area (Å²) in [5.41, 5.74) is 0. The Morgan fingerprint density at radius 2 is 2.15 bits per heavy atom. The lowest BCUT2D eigenvalue weighted by Gasteiger charge is -2.22. The van der Waals surface area contributed by atoms with Crippen molar-refractivity contribution >= 4 is 11.8 Å². The van der Waals surface area contributed by atoms with Gasteiger partial charge in [-0.05, 0) is 19.3 Å². The van der Waals surface area contributed by atoms with Crippen molar-refractivity contribution in [2.45, 2.75) is 57.6 Å². The van der Waals surface area contributed by atoms with Gasteiger partial charge in [-0.3, -0.25) is 0 Å². The fraction of sp³-hybridized carbons (Fsp3) is 0.714. The number of aliphatic hydroxyl groups excluding tert-OH is 1. The van der Waals surface area contributed by atoms with Gasteiger partial charge in [0, 0.05) is 6.54 Å². The van der Waals surface area contributed by atoms with Gasteiger partial charge in [-0.2, -0.15) is 4.98 Å². The summed E-state index contributed by atoms with van der Waals surface area (Å²) in [6, 6.07) is -0.138. The Morgan fingerprint density at radius 1 is 1.35 bits per heavy atom. The fourth-order valence-electron chi connectivity index (χ4n) is 2.42. The fourth-order valence-corrected chi connectivity index (χ4v) is 2.42. The Balaban J connectivity index is 2.06. The summed E-state index contributed by atoms with van der Waals surface area (Å²) in [5.74, 6) is 0.104. The van der Waals surface area contributed by atoms with Gasteiger partial charge < -0.3 is 15.7 Å². The minimum absolute atomic E-state index is 0.138. The molecule has 0 aromatic carbocycles. The van der Waals surface area contributed by atoms with Crippen molar-refractivity contribution in [1.82, 2.24) is 9.97 Å². The summed E-state index contributed by atoms with van der Waals surface area (Å²) < 4.78 is 13.8. The number of aromatic nitrogens is 2. The van der Waals surface area contributed by atoms with Gasteiger partial charge in [-0.15, -0.1) is 0 Å². The van der Waals surface area contributed by atoms with E-state index in [2.05, 4.69) is 20.6 Å². The highest BCUT2D eigenvalue weighted by Gasteiger charge is 2.23.